The Labute approximate surface area is 77.2 Å². The molecule has 0 aromatic heterocycles. The molecule has 0 aliphatic heterocycles. The van der Waals surface area contributed by atoms with E-state index in [0.29, 0.717) is 17.7 Å². The lowest BCUT2D eigenvalue weighted by Gasteiger charge is -2.11. The van der Waals surface area contributed by atoms with Gasteiger partial charge in [0, 0.05) is 6.07 Å². The number of rotatable bonds is 2. The molecule has 1 unspecified atom stereocenters. The van der Waals surface area contributed by atoms with Crippen LogP contribution in [-0.4, -0.2) is 11.7 Å². The third kappa shape index (κ3) is 1.98. The van der Waals surface area contributed by atoms with Crippen molar-refractivity contribution in [2.45, 2.75) is 19.8 Å². The van der Waals surface area contributed by atoms with Crippen molar-refractivity contribution in [3.05, 3.63) is 29.1 Å². The number of aryl methyl sites for hydroxylation is 1. The van der Waals surface area contributed by atoms with E-state index < -0.39 is 0 Å². The summed E-state index contributed by atoms with van der Waals surface area (Å²) in [5, 5.41) is 9.21. The van der Waals surface area contributed by atoms with Gasteiger partial charge in [-0.3, -0.25) is 0 Å². The zero-order valence-electron chi connectivity index (χ0n) is 7.84. The molecule has 3 N–H and O–H groups in total. The number of halogens is 1. The molecule has 2 nitrogen and oxygen atoms in total. The fourth-order valence-corrected chi connectivity index (χ4v) is 1.20. The number of phenols is 1. The lowest BCUT2D eigenvalue weighted by molar-refractivity contribution is 0.462. The first-order valence-corrected chi connectivity index (χ1v) is 4.25. The lowest BCUT2D eigenvalue weighted by atomic mass is 9.98. The van der Waals surface area contributed by atoms with Gasteiger partial charge >= 0.3 is 0 Å². The Balaban J connectivity index is 3.15. The summed E-state index contributed by atoms with van der Waals surface area (Å²) in [5.74, 6) is -0.411. The number of aromatic hydroxyl groups is 1. The van der Waals surface area contributed by atoms with E-state index in [2.05, 4.69) is 0 Å². The highest BCUT2D eigenvalue weighted by atomic mass is 19.1. The molecule has 1 aromatic rings. The second-order valence-corrected chi connectivity index (χ2v) is 3.30. The second-order valence-electron chi connectivity index (χ2n) is 3.30. The predicted octanol–water partition coefficient (Wildman–Crippen LogP) is 1.90. The first-order valence-electron chi connectivity index (χ1n) is 4.25. The summed E-state index contributed by atoms with van der Waals surface area (Å²) in [7, 11) is 0. The van der Waals surface area contributed by atoms with E-state index in [1.54, 1.807) is 13.0 Å². The number of nitrogens with two attached hydrogens (primary N) is 1. The van der Waals surface area contributed by atoms with Crippen LogP contribution in [0.3, 0.4) is 0 Å². The molecule has 0 fully saturated rings. The summed E-state index contributed by atoms with van der Waals surface area (Å²) in [6, 6.07) is 2.78. The molecule has 72 valence electrons. The fraction of sp³-hybridized carbons (Fsp3) is 0.400. The molecule has 0 aliphatic rings. The Morgan fingerprint density at radius 2 is 2.15 bits per heavy atom. The van der Waals surface area contributed by atoms with Gasteiger partial charge in [-0.05, 0) is 36.6 Å². The second kappa shape index (κ2) is 3.75. The molecule has 0 heterocycles. The van der Waals surface area contributed by atoms with E-state index in [0.717, 1.165) is 6.07 Å². The average molecular weight is 183 g/mol. The Morgan fingerprint density at radius 3 is 2.69 bits per heavy atom. The van der Waals surface area contributed by atoms with Crippen molar-refractivity contribution >= 4 is 0 Å². The SMILES string of the molecule is Cc1cc(C(C)CN)c(F)cc1O. The van der Waals surface area contributed by atoms with E-state index in [-0.39, 0.29) is 17.5 Å². The normalized spacial score (nSPS) is 12.9. The minimum atomic E-state index is -0.388. The van der Waals surface area contributed by atoms with Gasteiger partial charge in [-0.15, -0.1) is 0 Å². The number of phenolic OH excluding ortho intramolecular Hbond substituents is 1. The van der Waals surface area contributed by atoms with E-state index in [1.807, 2.05) is 6.92 Å². The smallest absolute Gasteiger partial charge is 0.130 e. The van der Waals surface area contributed by atoms with Gasteiger partial charge < -0.3 is 10.8 Å². The quantitative estimate of drug-likeness (QED) is 0.735. The zero-order chi connectivity index (χ0) is 10.0. The first kappa shape index (κ1) is 9.99. The summed E-state index contributed by atoms with van der Waals surface area (Å²) in [4.78, 5) is 0. The highest BCUT2D eigenvalue weighted by Crippen LogP contribution is 2.25. The first-order chi connectivity index (χ1) is 6.06. The maximum absolute atomic E-state index is 13.3. The number of benzene rings is 1. The van der Waals surface area contributed by atoms with Gasteiger partial charge in [0.2, 0.25) is 0 Å². The van der Waals surface area contributed by atoms with Crippen molar-refractivity contribution < 1.29 is 9.50 Å². The van der Waals surface area contributed by atoms with Crippen molar-refractivity contribution in [3.63, 3.8) is 0 Å². The molecule has 1 atom stereocenters. The molecule has 1 rings (SSSR count). The topological polar surface area (TPSA) is 46.2 Å². The van der Waals surface area contributed by atoms with Crippen molar-refractivity contribution in [2.24, 2.45) is 5.73 Å². The Kier molecular flexibility index (Phi) is 2.88. The summed E-state index contributed by atoms with van der Waals surface area (Å²) >= 11 is 0. The zero-order valence-corrected chi connectivity index (χ0v) is 7.84. The Bertz CT molecular complexity index is 312. The van der Waals surface area contributed by atoms with Crippen LogP contribution in [0.25, 0.3) is 0 Å². The van der Waals surface area contributed by atoms with Crippen molar-refractivity contribution in [2.75, 3.05) is 6.54 Å². The molecule has 0 saturated heterocycles. The molecule has 13 heavy (non-hydrogen) atoms. The van der Waals surface area contributed by atoms with E-state index in [4.69, 9.17) is 5.73 Å². The molecule has 0 saturated carbocycles. The van der Waals surface area contributed by atoms with E-state index in [9.17, 15) is 9.50 Å². The highest BCUT2D eigenvalue weighted by Gasteiger charge is 2.11. The largest absolute Gasteiger partial charge is 0.508 e. The molecule has 0 spiro atoms. The Morgan fingerprint density at radius 1 is 1.54 bits per heavy atom. The van der Waals surface area contributed by atoms with Crippen LogP contribution in [0.4, 0.5) is 4.39 Å². The van der Waals surface area contributed by atoms with Gasteiger partial charge in [0.15, 0.2) is 0 Å². The summed E-state index contributed by atoms with van der Waals surface area (Å²) < 4.78 is 13.3. The van der Waals surface area contributed by atoms with Gasteiger partial charge in [-0.25, -0.2) is 4.39 Å². The standard InChI is InChI=1S/C10H14FNO/c1-6-3-8(7(2)5-12)9(11)4-10(6)13/h3-4,7,13H,5,12H2,1-2H3. The van der Waals surface area contributed by atoms with Crippen LogP contribution in [0.15, 0.2) is 12.1 Å². The lowest BCUT2D eigenvalue weighted by Crippen LogP contribution is -2.10. The van der Waals surface area contributed by atoms with Crippen LogP contribution in [0.5, 0.6) is 5.75 Å². The number of hydrogen-bond donors (Lipinski definition) is 2. The summed E-state index contributed by atoms with van der Waals surface area (Å²) in [6.07, 6.45) is 0. The van der Waals surface area contributed by atoms with E-state index in [1.165, 1.54) is 0 Å². The van der Waals surface area contributed by atoms with Crippen LogP contribution >= 0.6 is 0 Å². The third-order valence-electron chi connectivity index (χ3n) is 2.20. The maximum atomic E-state index is 13.3. The minimum Gasteiger partial charge on any atom is -0.508 e. The molecule has 1 aromatic carbocycles. The molecular weight excluding hydrogens is 169 g/mol. The van der Waals surface area contributed by atoms with Gasteiger partial charge in [0.1, 0.15) is 11.6 Å². The average Bonchev–Trinajstić information content (AvgIpc) is 2.10. The van der Waals surface area contributed by atoms with Crippen LogP contribution in [-0.2, 0) is 0 Å². The van der Waals surface area contributed by atoms with Gasteiger partial charge in [-0.1, -0.05) is 6.92 Å². The van der Waals surface area contributed by atoms with Crippen molar-refractivity contribution in [1.29, 1.82) is 0 Å². The maximum Gasteiger partial charge on any atom is 0.130 e. The molecule has 3 heteroatoms. The van der Waals surface area contributed by atoms with Crippen LogP contribution in [0.2, 0.25) is 0 Å². The van der Waals surface area contributed by atoms with Gasteiger partial charge in [0.25, 0.3) is 0 Å². The number of hydrogen-bond acceptors (Lipinski definition) is 2. The molecular formula is C10H14FNO. The van der Waals surface area contributed by atoms with Gasteiger partial charge in [0.05, 0.1) is 0 Å². The van der Waals surface area contributed by atoms with Gasteiger partial charge in [-0.2, -0.15) is 0 Å². The third-order valence-corrected chi connectivity index (χ3v) is 2.20. The van der Waals surface area contributed by atoms with E-state index >= 15 is 0 Å². The minimum absolute atomic E-state index is 0.00882. The van der Waals surface area contributed by atoms with Crippen molar-refractivity contribution in [3.8, 4) is 5.75 Å². The fourth-order valence-electron chi connectivity index (χ4n) is 1.20. The summed E-state index contributed by atoms with van der Waals surface area (Å²) in [6.45, 7) is 4.00. The van der Waals surface area contributed by atoms with Crippen LogP contribution in [0, 0.1) is 12.7 Å². The van der Waals surface area contributed by atoms with Crippen LogP contribution in [0.1, 0.15) is 24.0 Å². The highest BCUT2D eigenvalue weighted by molar-refractivity contribution is 5.37. The Hall–Kier alpha value is -1.09. The monoisotopic (exact) mass is 183 g/mol. The molecule has 0 aliphatic carbocycles. The molecule has 0 radical (unpaired) electrons. The molecule has 0 bridgehead atoms. The summed E-state index contributed by atoms with van der Waals surface area (Å²) in [5.41, 5.74) is 6.68. The van der Waals surface area contributed by atoms with Crippen LogP contribution < -0.4 is 5.73 Å². The molecule has 0 amide bonds. The predicted molar refractivity (Wildman–Crippen MR) is 50.3 cm³/mol. The van der Waals surface area contributed by atoms with Crippen molar-refractivity contribution in [1.82, 2.24) is 0 Å².